The van der Waals surface area contributed by atoms with Crippen LogP contribution >= 0.6 is 0 Å². The first-order valence-electron chi connectivity index (χ1n) is 2.86. The third-order valence-corrected chi connectivity index (χ3v) is 2.08. The number of hydrogen-bond donors (Lipinski definition) is 0. The first kappa shape index (κ1) is 5.10. The minimum Gasteiger partial charge on any atom is -0.254 e. The van der Waals surface area contributed by atoms with Crippen molar-refractivity contribution in [1.82, 2.24) is 5.73 Å². The SMILES string of the molecule is CC([NH])C1(C)CC1. The van der Waals surface area contributed by atoms with Crippen molar-refractivity contribution in [3.63, 3.8) is 0 Å². The van der Waals surface area contributed by atoms with Crippen molar-refractivity contribution in [3.8, 4) is 0 Å². The molecule has 41 valence electrons. The van der Waals surface area contributed by atoms with E-state index in [4.69, 9.17) is 5.73 Å². The van der Waals surface area contributed by atoms with Gasteiger partial charge >= 0.3 is 0 Å². The summed E-state index contributed by atoms with van der Waals surface area (Å²) >= 11 is 0. The molecule has 1 aliphatic rings. The molecule has 1 heteroatoms. The van der Waals surface area contributed by atoms with Crippen molar-refractivity contribution in [2.75, 3.05) is 0 Å². The van der Waals surface area contributed by atoms with Gasteiger partial charge in [0, 0.05) is 6.04 Å². The number of rotatable bonds is 1. The standard InChI is InChI=1S/C6H12N/c1-5(7)6(2)3-4-6/h5,7H,3-4H2,1-2H3. The van der Waals surface area contributed by atoms with Gasteiger partial charge in [0.05, 0.1) is 0 Å². The molecular weight excluding hydrogens is 86.1 g/mol. The van der Waals surface area contributed by atoms with Crippen molar-refractivity contribution in [2.24, 2.45) is 5.41 Å². The monoisotopic (exact) mass is 98.1 g/mol. The third kappa shape index (κ3) is 0.778. The molecule has 1 aliphatic carbocycles. The zero-order chi connectivity index (χ0) is 5.49. The van der Waals surface area contributed by atoms with Gasteiger partial charge in [-0.3, -0.25) is 5.73 Å². The Kier molecular flexibility index (Phi) is 0.890. The first-order chi connectivity index (χ1) is 3.15. The Bertz CT molecular complexity index is 72.2. The van der Waals surface area contributed by atoms with E-state index in [0.29, 0.717) is 5.41 Å². The molecule has 0 aromatic rings. The highest BCUT2D eigenvalue weighted by molar-refractivity contribution is 4.94. The fraction of sp³-hybridized carbons (Fsp3) is 1.00. The molecule has 1 atom stereocenters. The summed E-state index contributed by atoms with van der Waals surface area (Å²) in [5, 5.41) is 0. The van der Waals surface area contributed by atoms with Gasteiger partial charge in [-0.05, 0) is 25.2 Å². The highest BCUT2D eigenvalue weighted by Crippen LogP contribution is 2.47. The summed E-state index contributed by atoms with van der Waals surface area (Å²) in [5.41, 5.74) is 7.71. The molecule has 0 spiro atoms. The fourth-order valence-electron chi connectivity index (χ4n) is 0.630. The van der Waals surface area contributed by atoms with Crippen LogP contribution in [0.4, 0.5) is 0 Å². The van der Waals surface area contributed by atoms with E-state index >= 15 is 0 Å². The number of nitrogens with one attached hydrogen (secondary N) is 1. The number of hydrogen-bond acceptors (Lipinski definition) is 0. The van der Waals surface area contributed by atoms with E-state index in [2.05, 4.69) is 6.92 Å². The lowest BCUT2D eigenvalue weighted by Gasteiger charge is -2.09. The maximum absolute atomic E-state index is 7.29. The van der Waals surface area contributed by atoms with Gasteiger partial charge in [0.15, 0.2) is 0 Å². The predicted octanol–water partition coefficient (Wildman–Crippen LogP) is 1.46. The lowest BCUT2D eigenvalue weighted by Crippen LogP contribution is -2.15. The molecule has 0 aromatic heterocycles. The lowest BCUT2D eigenvalue weighted by molar-refractivity contribution is 0.454. The van der Waals surface area contributed by atoms with Crippen LogP contribution in [-0.2, 0) is 0 Å². The summed E-state index contributed by atoms with van der Waals surface area (Å²) in [5.74, 6) is 0. The van der Waals surface area contributed by atoms with Gasteiger partial charge < -0.3 is 0 Å². The quantitative estimate of drug-likeness (QED) is 0.474. The average molecular weight is 98.2 g/mol. The minimum atomic E-state index is 0.160. The maximum atomic E-state index is 7.29. The molecule has 1 saturated carbocycles. The maximum Gasteiger partial charge on any atom is 0.0238 e. The van der Waals surface area contributed by atoms with E-state index in [0.717, 1.165) is 0 Å². The Hall–Kier alpha value is -0.0400. The topological polar surface area (TPSA) is 23.8 Å². The van der Waals surface area contributed by atoms with Crippen LogP contribution in [0.5, 0.6) is 0 Å². The highest BCUT2D eigenvalue weighted by atomic mass is 14.7. The molecule has 0 heterocycles. The second-order valence-corrected chi connectivity index (χ2v) is 2.88. The Labute approximate surface area is 44.9 Å². The van der Waals surface area contributed by atoms with Gasteiger partial charge in [-0.2, -0.15) is 0 Å². The van der Waals surface area contributed by atoms with E-state index in [1.807, 2.05) is 6.92 Å². The van der Waals surface area contributed by atoms with Crippen LogP contribution in [0.1, 0.15) is 26.7 Å². The van der Waals surface area contributed by atoms with E-state index in [1.165, 1.54) is 12.8 Å². The predicted molar refractivity (Wildman–Crippen MR) is 29.9 cm³/mol. The smallest absolute Gasteiger partial charge is 0.0238 e. The largest absolute Gasteiger partial charge is 0.254 e. The summed E-state index contributed by atoms with van der Waals surface area (Å²) in [6.45, 7) is 4.16. The van der Waals surface area contributed by atoms with Crippen LogP contribution < -0.4 is 5.73 Å². The zero-order valence-electron chi connectivity index (χ0n) is 4.99. The molecule has 0 aliphatic heterocycles. The van der Waals surface area contributed by atoms with Crippen molar-refractivity contribution in [2.45, 2.75) is 32.7 Å². The van der Waals surface area contributed by atoms with E-state index < -0.39 is 0 Å². The van der Waals surface area contributed by atoms with Crippen LogP contribution in [0, 0.1) is 5.41 Å². The second-order valence-electron chi connectivity index (χ2n) is 2.88. The van der Waals surface area contributed by atoms with Crippen LogP contribution in [0.2, 0.25) is 0 Å². The normalized spacial score (nSPS) is 29.6. The van der Waals surface area contributed by atoms with Crippen molar-refractivity contribution in [3.05, 3.63) is 0 Å². The van der Waals surface area contributed by atoms with Gasteiger partial charge in [0.2, 0.25) is 0 Å². The molecule has 0 aromatic carbocycles. The van der Waals surface area contributed by atoms with Crippen LogP contribution in [0.25, 0.3) is 0 Å². The van der Waals surface area contributed by atoms with Crippen LogP contribution in [-0.4, -0.2) is 6.04 Å². The lowest BCUT2D eigenvalue weighted by atomic mass is 10.0. The summed E-state index contributed by atoms with van der Waals surface area (Å²) in [4.78, 5) is 0. The fourth-order valence-corrected chi connectivity index (χ4v) is 0.630. The minimum absolute atomic E-state index is 0.160. The Morgan fingerprint density at radius 2 is 2.00 bits per heavy atom. The first-order valence-corrected chi connectivity index (χ1v) is 2.86. The van der Waals surface area contributed by atoms with Gasteiger partial charge in [-0.1, -0.05) is 6.92 Å². The molecular formula is C6H12N. The van der Waals surface area contributed by atoms with Gasteiger partial charge in [-0.25, -0.2) is 0 Å². The molecule has 1 radical (unpaired) electrons. The molecule has 1 nitrogen and oxygen atoms in total. The van der Waals surface area contributed by atoms with Crippen LogP contribution in [0.3, 0.4) is 0 Å². The van der Waals surface area contributed by atoms with Gasteiger partial charge in [-0.15, -0.1) is 0 Å². The summed E-state index contributed by atoms with van der Waals surface area (Å²) < 4.78 is 0. The Morgan fingerprint density at radius 1 is 1.57 bits per heavy atom. The molecule has 1 fully saturated rings. The van der Waals surface area contributed by atoms with E-state index in [1.54, 1.807) is 0 Å². The highest BCUT2D eigenvalue weighted by Gasteiger charge is 2.40. The molecule has 0 saturated heterocycles. The average Bonchev–Trinajstić information content (AvgIpc) is 2.21. The summed E-state index contributed by atoms with van der Waals surface area (Å²) in [7, 11) is 0. The van der Waals surface area contributed by atoms with Gasteiger partial charge in [0.1, 0.15) is 0 Å². The molecule has 0 bridgehead atoms. The molecule has 7 heavy (non-hydrogen) atoms. The van der Waals surface area contributed by atoms with E-state index in [9.17, 15) is 0 Å². The summed E-state index contributed by atoms with van der Waals surface area (Å²) in [6.07, 6.45) is 2.55. The van der Waals surface area contributed by atoms with Crippen molar-refractivity contribution < 1.29 is 0 Å². The van der Waals surface area contributed by atoms with Crippen molar-refractivity contribution >= 4 is 0 Å². The van der Waals surface area contributed by atoms with E-state index in [-0.39, 0.29) is 6.04 Å². The molecule has 1 N–H and O–H groups in total. The van der Waals surface area contributed by atoms with Crippen LogP contribution in [0.15, 0.2) is 0 Å². The van der Waals surface area contributed by atoms with Crippen molar-refractivity contribution in [1.29, 1.82) is 0 Å². The third-order valence-electron chi connectivity index (χ3n) is 2.08. The van der Waals surface area contributed by atoms with Gasteiger partial charge in [0.25, 0.3) is 0 Å². The molecule has 1 rings (SSSR count). The molecule has 0 amide bonds. The summed E-state index contributed by atoms with van der Waals surface area (Å²) in [6, 6.07) is 0.160. The Morgan fingerprint density at radius 3 is 2.00 bits per heavy atom. The zero-order valence-corrected chi connectivity index (χ0v) is 4.99. The second kappa shape index (κ2) is 1.22. The molecule has 1 unspecified atom stereocenters. The Balaban J connectivity index is 2.39.